The van der Waals surface area contributed by atoms with Gasteiger partial charge < -0.3 is 0 Å². The maximum absolute atomic E-state index is 12.9. The summed E-state index contributed by atoms with van der Waals surface area (Å²) in [6, 6.07) is 9.91. The number of alkyl halides is 3. The number of rotatable bonds is 5. The normalized spacial score (nSPS) is 12.0. The van der Waals surface area contributed by atoms with Crippen molar-refractivity contribution in [2.45, 2.75) is 23.5 Å². The van der Waals surface area contributed by atoms with E-state index >= 15 is 0 Å². The van der Waals surface area contributed by atoms with Gasteiger partial charge in [-0.25, -0.2) is 4.98 Å². The molecule has 0 aliphatic carbocycles. The van der Waals surface area contributed by atoms with Gasteiger partial charge in [0, 0.05) is 28.8 Å². The van der Waals surface area contributed by atoms with Crippen LogP contribution in [-0.2, 0) is 18.3 Å². The van der Waals surface area contributed by atoms with Crippen LogP contribution in [0.2, 0.25) is 5.02 Å². The molecule has 0 N–H and O–H groups in total. The quantitative estimate of drug-likeness (QED) is 0.371. The minimum Gasteiger partial charge on any atom is -0.277 e. The van der Waals surface area contributed by atoms with Crippen LogP contribution < -0.4 is 0 Å². The van der Waals surface area contributed by atoms with Crippen molar-refractivity contribution in [1.82, 2.24) is 19.6 Å². The largest absolute Gasteiger partial charge is 0.417 e. The van der Waals surface area contributed by atoms with Crippen LogP contribution >= 0.6 is 34.7 Å². The summed E-state index contributed by atoms with van der Waals surface area (Å²) in [5.41, 5.74) is 1.60. The highest BCUT2D eigenvalue weighted by Crippen LogP contribution is 2.31. The molecule has 0 saturated heterocycles. The zero-order valence-electron chi connectivity index (χ0n) is 14.2. The van der Waals surface area contributed by atoms with Crippen LogP contribution in [0.15, 0.2) is 53.1 Å². The van der Waals surface area contributed by atoms with Gasteiger partial charge in [-0.1, -0.05) is 35.5 Å². The van der Waals surface area contributed by atoms with Gasteiger partial charge in [-0.15, -0.1) is 21.5 Å². The van der Waals surface area contributed by atoms with Crippen molar-refractivity contribution in [2.75, 3.05) is 0 Å². The number of thiazole rings is 1. The summed E-state index contributed by atoms with van der Waals surface area (Å²) in [4.78, 5) is 4.59. The average molecular weight is 441 g/mol. The number of pyridine rings is 1. The van der Waals surface area contributed by atoms with Gasteiger partial charge >= 0.3 is 6.18 Å². The van der Waals surface area contributed by atoms with E-state index in [9.17, 15) is 13.2 Å². The van der Waals surface area contributed by atoms with Gasteiger partial charge in [-0.05, 0) is 29.8 Å². The van der Waals surface area contributed by atoms with Crippen LogP contribution in [0.3, 0.4) is 0 Å². The fourth-order valence-corrected chi connectivity index (χ4v) is 4.42. The summed E-state index contributed by atoms with van der Waals surface area (Å²) in [6.07, 6.45) is -2.69. The van der Waals surface area contributed by atoms with Gasteiger partial charge in [-0.2, -0.15) is 13.2 Å². The Hall–Kier alpha value is -2.10. The Morgan fingerprint density at radius 3 is 2.61 bits per heavy atom. The molecule has 0 fully saturated rings. The number of aromatic nitrogens is 4. The number of hydrogen-bond donors (Lipinski definition) is 0. The topological polar surface area (TPSA) is 43.1 Å². The first-order valence-electron chi connectivity index (χ1n) is 8.11. The summed E-state index contributed by atoms with van der Waals surface area (Å²) in [7, 11) is 0. The number of hydrogen-bond acceptors (Lipinski definition) is 5. The highest BCUT2D eigenvalue weighted by molar-refractivity contribution is 7.98. The van der Waals surface area contributed by atoms with E-state index in [4.69, 9.17) is 11.6 Å². The lowest BCUT2D eigenvalue weighted by molar-refractivity contribution is -0.137. The molecule has 0 radical (unpaired) electrons. The van der Waals surface area contributed by atoms with Gasteiger partial charge in [-0.3, -0.25) is 4.40 Å². The Morgan fingerprint density at radius 1 is 1.07 bits per heavy atom. The third kappa shape index (κ3) is 4.31. The Kier molecular flexibility index (Phi) is 5.31. The summed E-state index contributed by atoms with van der Waals surface area (Å²) in [5.74, 6) is 0.494. The van der Waals surface area contributed by atoms with Gasteiger partial charge in [0.2, 0.25) is 0 Å². The zero-order valence-corrected chi connectivity index (χ0v) is 16.5. The molecule has 0 spiro atoms. The lowest BCUT2D eigenvalue weighted by atomic mass is 10.2. The molecule has 4 rings (SSSR count). The fourth-order valence-electron chi connectivity index (χ4n) is 2.55. The summed E-state index contributed by atoms with van der Waals surface area (Å²) >= 11 is 8.74. The van der Waals surface area contributed by atoms with Gasteiger partial charge in [0.1, 0.15) is 0 Å². The monoisotopic (exact) mass is 440 g/mol. The third-order valence-corrected chi connectivity index (χ3v) is 6.04. The predicted octanol–water partition coefficient (Wildman–Crippen LogP) is 5.74. The molecule has 0 atom stereocenters. The highest BCUT2D eigenvalue weighted by Gasteiger charge is 2.31. The Labute approximate surface area is 171 Å². The molecule has 3 aromatic heterocycles. The van der Waals surface area contributed by atoms with Crippen LogP contribution in [0.25, 0.3) is 5.65 Å². The maximum atomic E-state index is 12.9. The van der Waals surface area contributed by atoms with Crippen LogP contribution in [0.4, 0.5) is 13.2 Å². The van der Waals surface area contributed by atoms with Crippen molar-refractivity contribution >= 4 is 40.3 Å². The van der Waals surface area contributed by atoms with Crippen molar-refractivity contribution in [3.05, 3.63) is 74.8 Å². The molecule has 1 aromatic carbocycles. The highest BCUT2D eigenvalue weighted by atomic mass is 35.5. The molecule has 0 bridgehead atoms. The molecule has 144 valence electrons. The van der Waals surface area contributed by atoms with Gasteiger partial charge in [0.25, 0.3) is 0 Å². The minimum absolute atomic E-state index is 0.372. The first-order chi connectivity index (χ1) is 13.4. The lowest BCUT2D eigenvalue weighted by Gasteiger charge is -2.07. The molecule has 0 aliphatic heterocycles. The number of nitrogens with zero attached hydrogens (tertiary/aromatic N) is 4. The standard InChI is InChI=1S/C18H12ClF3N4S2/c19-13-4-1-11(2-5-13)7-16-23-14(9-27-16)10-28-17-25-24-15-6-3-12(8-26(15)17)18(20,21)22/h1-6,8-9H,7,10H2. The van der Waals surface area contributed by atoms with E-state index in [1.54, 1.807) is 11.3 Å². The Morgan fingerprint density at radius 2 is 1.86 bits per heavy atom. The summed E-state index contributed by atoms with van der Waals surface area (Å²) in [5, 5.41) is 11.9. The van der Waals surface area contributed by atoms with Crippen molar-refractivity contribution in [1.29, 1.82) is 0 Å². The zero-order chi connectivity index (χ0) is 19.7. The van der Waals surface area contributed by atoms with E-state index in [-0.39, 0.29) is 0 Å². The van der Waals surface area contributed by atoms with Crippen LogP contribution in [0.1, 0.15) is 21.8 Å². The Balaban J connectivity index is 1.46. The number of halogens is 4. The second kappa shape index (κ2) is 7.73. The summed E-state index contributed by atoms with van der Waals surface area (Å²) in [6.45, 7) is 0. The van der Waals surface area contributed by atoms with E-state index < -0.39 is 11.7 Å². The molecule has 28 heavy (non-hydrogen) atoms. The van der Waals surface area contributed by atoms with Crippen LogP contribution in [-0.4, -0.2) is 19.6 Å². The van der Waals surface area contributed by atoms with Gasteiger partial charge in [0.15, 0.2) is 10.8 Å². The first-order valence-corrected chi connectivity index (χ1v) is 10.4. The fraction of sp³-hybridized carbons (Fsp3) is 0.167. The maximum Gasteiger partial charge on any atom is 0.417 e. The van der Waals surface area contributed by atoms with Gasteiger partial charge in [0.05, 0.1) is 16.3 Å². The number of fused-ring (bicyclic) bond motifs is 1. The Bertz CT molecular complexity index is 1110. The third-order valence-electron chi connectivity index (χ3n) is 3.92. The minimum atomic E-state index is -4.41. The molecule has 0 amide bonds. The lowest BCUT2D eigenvalue weighted by Crippen LogP contribution is -2.06. The second-order valence-corrected chi connectivity index (χ2v) is 8.27. The second-order valence-electron chi connectivity index (χ2n) is 5.95. The van der Waals surface area contributed by atoms with E-state index in [0.29, 0.717) is 28.0 Å². The van der Waals surface area contributed by atoms with Crippen molar-refractivity contribution in [3.63, 3.8) is 0 Å². The molecule has 4 aromatic rings. The smallest absolute Gasteiger partial charge is 0.277 e. The number of thioether (sulfide) groups is 1. The molecular weight excluding hydrogens is 429 g/mol. The van der Waals surface area contributed by atoms with Crippen LogP contribution in [0, 0.1) is 0 Å². The molecule has 4 nitrogen and oxygen atoms in total. The van der Waals surface area contributed by atoms with E-state index in [2.05, 4.69) is 15.2 Å². The van der Waals surface area contributed by atoms with Crippen molar-refractivity contribution in [2.24, 2.45) is 0 Å². The van der Waals surface area contributed by atoms with E-state index in [1.165, 1.54) is 22.2 Å². The van der Waals surface area contributed by atoms with Crippen LogP contribution in [0.5, 0.6) is 0 Å². The molecule has 10 heteroatoms. The average Bonchev–Trinajstić information content (AvgIpc) is 3.27. The predicted molar refractivity (Wildman–Crippen MR) is 104 cm³/mol. The molecular formula is C18H12ClF3N4S2. The van der Waals surface area contributed by atoms with Crippen molar-refractivity contribution < 1.29 is 13.2 Å². The van der Waals surface area contributed by atoms with E-state index in [0.717, 1.165) is 28.5 Å². The molecule has 0 unspecified atom stereocenters. The van der Waals surface area contributed by atoms with Crippen molar-refractivity contribution in [3.8, 4) is 0 Å². The summed E-state index contributed by atoms with van der Waals surface area (Å²) < 4.78 is 40.1. The molecule has 3 heterocycles. The first kappa shape index (κ1) is 19.2. The molecule has 0 aliphatic rings. The number of benzene rings is 1. The van der Waals surface area contributed by atoms with E-state index in [1.807, 2.05) is 29.6 Å². The SMILES string of the molecule is FC(F)(F)c1ccc2nnc(SCc3csc(Cc4ccc(Cl)cc4)n3)n2c1. The molecule has 0 saturated carbocycles.